The number of nitrogens with two attached hydrogens (primary N) is 1. The highest BCUT2D eigenvalue weighted by Gasteiger charge is 2.19. The lowest BCUT2D eigenvalue weighted by molar-refractivity contribution is 0.550. The third kappa shape index (κ3) is 3.01. The Bertz CT molecular complexity index is 563. The Morgan fingerprint density at radius 3 is 2.53 bits per heavy atom. The minimum Gasteiger partial charge on any atom is -0.319 e. The summed E-state index contributed by atoms with van der Waals surface area (Å²) in [6.45, 7) is 2.72. The van der Waals surface area contributed by atoms with Gasteiger partial charge >= 0.3 is 0 Å². The molecule has 6 heteroatoms. The highest BCUT2D eigenvalue weighted by molar-refractivity contribution is 9.10. The summed E-state index contributed by atoms with van der Waals surface area (Å²) < 4.78 is 29.0. The lowest BCUT2D eigenvalue weighted by atomic mass is 10.0. The Kier molecular flexibility index (Phi) is 4.31. The van der Waals surface area contributed by atoms with Crippen LogP contribution in [0.4, 0.5) is 8.78 Å². The van der Waals surface area contributed by atoms with Gasteiger partial charge in [0, 0.05) is 12.6 Å². The minimum absolute atomic E-state index is 0.385. The molecule has 3 nitrogen and oxygen atoms in total. The summed E-state index contributed by atoms with van der Waals surface area (Å²) in [5, 5.41) is 4.20. The molecule has 0 fully saturated rings. The fraction of sp³-hybridized carbons (Fsp3) is 0.308. The van der Waals surface area contributed by atoms with Gasteiger partial charge in [0.25, 0.3) is 0 Å². The fourth-order valence-electron chi connectivity index (χ4n) is 1.98. The van der Waals surface area contributed by atoms with Crippen LogP contribution in [-0.2, 0) is 6.54 Å². The molecule has 1 aromatic heterocycles. The van der Waals surface area contributed by atoms with Gasteiger partial charge < -0.3 is 5.73 Å². The maximum absolute atomic E-state index is 13.2. The summed E-state index contributed by atoms with van der Waals surface area (Å²) in [6, 6.07) is 2.68. The second-order valence-electron chi connectivity index (χ2n) is 4.28. The summed E-state index contributed by atoms with van der Waals surface area (Å²) in [7, 11) is 0. The maximum Gasteiger partial charge on any atom is 0.126 e. The van der Waals surface area contributed by atoms with Crippen LogP contribution in [0, 0.1) is 11.6 Å². The minimum atomic E-state index is -0.636. The molecule has 1 aromatic carbocycles. The van der Waals surface area contributed by atoms with E-state index in [-0.39, 0.29) is 0 Å². The average Bonchev–Trinajstić information content (AvgIpc) is 2.69. The molecule has 0 saturated heterocycles. The molecule has 0 amide bonds. The molecular weight excluding hydrogens is 316 g/mol. The summed E-state index contributed by atoms with van der Waals surface area (Å²) in [5.74, 6) is -1.27. The van der Waals surface area contributed by atoms with Gasteiger partial charge in [-0.1, -0.05) is 6.92 Å². The Labute approximate surface area is 118 Å². The molecule has 0 saturated carbocycles. The van der Waals surface area contributed by atoms with Crippen LogP contribution in [0.25, 0.3) is 0 Å². The zero-order valence-electron chi connectivity index (χ0n) is 10.4. The molecule has 0 spiro atoms. The molecular formula is C13H14BrF2N3. The molecule has 0 aliphatic rings. The first-order valence-electron chi connectivity index (χ1n) is 5.95. The van der Waals surface area contributed by atoms with Crippen LogP contribution in [0.5, 0.6) is 0 Å². The first kappa shape index (κ1) is 14.1. The van der Waals surface area contributed by atoms with E-state index >= 15 is 0 Å². The van der Waals surface area contributed by atoms with Gasteiger partial charge in [-0.05, 0) is 40.0 Å². The fourth-order valence-corrected chi connectivity index (χ4v) is 2.53. The Balaban J connectivity index is 2.43. The number of hydrogen-bond acceptors (Lipinski definition) is 2. The van der Waals surface area contributed by atoms with Crippen molar-refractivity contribution in [2.75, 3.05) is 0 Å². The number of hydrogen-bond donors (Lipinski definition) is 1. The van der Waals surface area contributed by atoms with Crippen molar-refractivity contribution < 1.29 is 8.78 Å². The third-order valence-corrected chi connectivity index (χ3v) is 3.42. The van der Waals surface area contributed by atoms with Crippen LogP contribution < -0.4 is 5.73 Å². The van der Waals surface area contributed by atoms with E-state index in [0.29, 0.717) is 17.8 Å². The number of halogens is 3. The van der Waals surface area contributed by atoms with Crippen molar-refractivity contribution in [2.45, 2.75) is 25.9 Å². The number of nitrogens with zero attached hydrogens (tertiary/aromatic N) is 2. The molecule has 102 valence electrons. The van der Waals surface area contributed by atoms with Crippen LogP contribution in [-0.4, -0.2) is 9.78 Å². The largest absolute Gasteiger partial charge is 0.319 e. The quantitative estimate of drug-likeness (QED) is 0.934. The van der Waals surface area contributed by atoms with Gasteiger partial charge in [0.1, 0.15) is 11.6 Å². The predicted octanol–water partition coefficient (Wildman–Crippen LogP) is 3.38. The van der Waals surface area contributed by atoms with Crippen LogP contribution in [0.2, 0.25) is 0 Å². The molecule has 1 unspecified atom stereocenters. The number of aromatic nitrogens is 2. The average molecular weight is 330 g/mol. The second kappa shape index (κ2) is 5.79. The van der Waals surface area contributed by atoms with Crippen molar-refractivity contribution in [1.82, 2.24) is 9.78 Å². The van der Waals surface area contributed by atoms with Gasteiger partial charge in [-0.25, -0.2) is 8.78 Å². The van der Waals surface area contributed by atoms with E-state index in [9.17, 15) is 8.78 Å². The SMILES string of the molecule is CCCn1ncc(Br)c1C(N)c1cc(F)cc(F)c1. The highest BCUT2D eigenvalue weighted by atomic mass is 79.9. The molecule has 2 N–H and O–H groups in total. The van der Waals surface area contributed by atoms with Crippen molar-refractivity contribution >= 4 is 15.9 Å². The molecule has 19 heavy (non-hydrogen) atoms. The molecule has 0 aliphatic carbocycles. The molecule has 2 rings (SSSR count). The first-order valence-corrected chi connectivity index (χ1v) is 6.75. The smallest absolute Gasteiger partial charge is 0.126 e. The van der Waals surface area contributed by atoms with E-state index in [0.717, 1.165) is 17.0 Å². The van der Waals surface area contributed by atoms with Gasteiger partial charge in [0.05, 0.1) is 22.4 Å². The van der Waals surface area contributed by atoms with E-state index in [4.69, 9.17) is 5.73 Å². The Morgan fingerprint density at radius 2 is 1.95 bits per heavy atom. The van der Waals surface area contributed by atoms with Gasteiger partial charge in [-0.3, -0.25) is 4.68 Å². The topological polar surface area (TPSA) is 43.8 Å². The Hall–Kier alpha value is -1.27. The Morgan fingerprint density at radius 1 is 1.32 bits per heavy atom. The number of rotatable bonds is 4. The van der Waals surface area contributed by atoms with Crippen LogP contribution in [0.15, 0.2) is 28.9 Å². The summed E-state index contributed by atoms with van der Waals surface area (Å²) >= 11 is 3.37. The monoisotopic (exact) mass is 329 g/mol. The summed E-state index contributed by atoms with van der Waals surface area (Å²) in [5.41, 5.74) is 7.21. The first-order chi connectivity index (χ1) is 9.02. The van der Waals surface area contributed by atoms with Crippen molar-refractivity contribution in [1.29, 1.82) is 0 Å². The van der Waals surface area contributed by atoms with Crippen LogP contribution in [0.3, 0.4) is 0 Å². The second-order valence-corrected chi connectivity index (χ2v) is 5.14. The van der Waals surface area contributed by atoms with Crippen molar-refractivity contribution in [3.05, 3.63) is 51.8 Å². The highest BCUT2D eigenvalue weighted by Crippen LogP contribution is 2.27. The number of benzene rings is 1. The molecule has 0 bridgehead atoms. The predicted molar refractivity (Wildman–Crippen MR) is 72.6 cm³/mol. The normalized spacial score (nSPS) is 12.7. The van der Waals surface area contributed by atoms with E-state index in [2.05, 4.69) is 21.0 Å². The molecule has 1 heterocycles. The standard InChI is InChI=1S/C13H14BrF2N3/c1-2-3-19-13(11(14)7-18-19)12(17)8-4-9(15)6-10(16)5-8/h4-7,12H,2-3,17H2,1H3. The zero-order valence-corrected chi connectivity index (χ0v) is 12.0. The van der Waals surface area contributed by atoms with E-state index < -0.39 is 17.7 Å². The zero-order chi connectivity index (χ0) is 14.0. The van der Waals surface area contributed by atoms with Crippen LogP contribution >= 0.6 is 15.9 Å². The summed E-state index contributed by atoms with van der Waals surface area (Å²) in [4.78, 5) is 0. The summed E-state index contributed by atoms with van der Waals surface area (Å²) in [6.07, 6.45) is 2.53. The van der Waals surface area contributed by atoms with E-state index in [1.807, 2.05) is 6.92 Å². The number of aryl methyl sites for hydroxylation is 1. The molecule has 0 radical (unpaired) electrons. The van der Waals surface area contributed by atoms with Crippen molar-refractivity contribution in [3.63, 3.8) is 0 Å². The molecule has 0 aliphatic heterocycles. The van der Waals surface area contributed by atoms with E-state index in [1.54, 1.807) is 10.9 Å². The maximum atomic E-state index is 13.2. The third-order valence-electron chi connectivity index (χ3n) is 2.81. The van der Waals surface area contributed by atoms with Gasteiger partial charge in [-0.15, -0.1) is 0 Å². The lowest BCUT2D eigenvalue weighted by Gasteiger charge is -2.15. The van der Waals surface area contributed by atoms with Crippen molar-refractivity contribution in [3.8, 4) is 0 Å². The van der Waals surface area contributed by atoms with Crippen LogP contribution in [0.1, 0.15) is 30.6 Å². The lowest BCUT2D eigenvalue weighted by Crippen LogP contribution is -2.18. The van der Waals surface area contributed by atoms with Gasteiger partial charge in [0.2, 0.25) is 0 Å². The van der Waals surface area contributed by atoms with Gasteiger partial charge in [-0.2, -0.15) is 5.10 Å². The molecule has 1 atom stereocenters. The van der Waals surface area contributed by atoms with Gasteiger partial charge in [0.15, 0.2) is 0 Å². The molecule has 2 aromatic rings. The van der Waals surface area contributed by atoms with Crippen molar-refractivity contribution in [2.24, 2.45) is 5.73 Å². The van der Waals surface area contributed by atoms with E-state index in [1.165, 1.54) is 12.1 Å².